The number of hydrogen-bond donors (Lipinski definition) is 2. The second kappa shape index (κ2) is 6.10. The molecular formula is C12H19N3O2. The third-order valence-electron chi connectivity index (χ3n) is 2.31. The number of ether oxygens (including phenoxy) is 1. The molecule has 0 aromatic heterocycles. The summed E-state index contributed by atoms with van der Waals surface area (Å²) >= 11 is 0. The van der Waals surface area contributed by atoms with Crippen LogP contribution < -0.4 is 10.5 Å². The topological polar surface area (TPSA) is 71.1 Å². The largest absolute Gasteiger partial charge is 0.491 e. The Hall–Kier alpha value is -1.75. The number of likely N-dealkylation sites (N-methyl/N-ethyl adjacent to an activating group) is 1. The molecule has 94 valence electrons. The van der Waals surface area contributed by atoms with Crippen molar-refractivity contribution in [1.29, 1.82) is 0 Å². The predicted octanol–water partition coefficient (Wildman–Crippen LogP) is 1.03. The Bertz CT molecular complexity index is 403. The minimum Gasteiger partial charge on any atom is -0.491 e. The van der Waals surface area contributed by atoms with Crippen LogP contribution in [0.2, 0.25) is 0 Å². The summed E-state index contributed by atoms with van der Waals surface area (Å²) in [5, 5.41) is 11.7. The van der Waals surface area contributed by atoms with Crippen molar-refractivity contribution in [2.75, 3.05) is 27.2 Å². The Morgan fingerprint density at radius 2 is 2.18 bits per heavy atom. The van der Waals surface area contributed by atoms with Crippen molar-refractivity contribution in [3.05, 3.63) is 29.3 Å². The minimum atomic E-state index is 0.0635. The van der Waals surface area contributed by atoms with Gasteiger partial charge in [0.25, 0.3) is 0 Å². The lowest BCUT2D eigenvalue weighted by Crippen LogP contribution is -2.21. The number of rotatable bonds is 5. The minimum absolute atomic E-state index is 0.0635. The van der Waals surface area contributed by atoms with Crippen molar-refractivity contribution in [3.8, 4) is 5.75 Å². The first kappa shape index (κ1) is 13.3. The lowest BCUT2D eigenvalue weighted by atomic mass is 10.1. The van der Waals surface area contributed by atoms with Crippen molar-refractivity contribution in [1.82, 2.24) is 4.90 Å². The molecule has 1 aromatic carbocycles. The van der Waals surface area contributed by atoms with E-state index in [1.807, 2.05) is 44.1 Å². The summed E-state index contributed by atoms with van der Waals surface area (Å²) < 4.78 is 5.61. The van der Waals surface area contributed by atoms with Crippen LogP contribution in [-0.2, 0) is 0 Å². The van der Waals surface area contributed by atoms with Gasteiger partial charge in [0.15, 0.2) is 5.84 Å². The standard InChI is InChI=1S/C12H19N3O2/c1-9-4-5-11(17-7-6-15(2)3)10(8-9)12(13)14-16/h4-5,8,16H,6-7H2,1-3H3,(H2,13,14). The molecule has 0 atom stereocenters. The summed E-state index contributed by atoms with van der Waals surface area (Å²) in [4.78, 5) is 2.03. The maximum Gasteiger partial charge on any atom is 0.173 e. The van der Waals surface area contributed by atoms with Crippen LogP contribution in [0.5, 0.6) is 5.75 Å². The van der Waals surface area contributed by atoms with E-state index in [2.05, 4.69) is 5.16 Å². The van der Waals surface area contributed by atoms with Crippen molar-refractivity contribution in [2.24, 2.45) is 10.9 Å². The van der Waals surface area contributed by atoms with Gasteiger partial charge in [0, 0.05) is 6.54 Å². The molecule has 0 saturated heterocycles. The number of aryl methyl sites for hydroxylation is 1. The number of oxime groups is 1. The smallest absolute Gasteiger partial charge is 0.173 e. The van der Waals surface area contributed by atoms with Crippen LogP contribution in [0.1, 0.15) is 11.1 Å². The summed E-state index contributed by atoms with van der Waals surface area (Å²) in [6, 6.07) is 5.59. The molecule has 0 bridgehead atoms. The summed E-state index contributed by atoms with van der Waals surface area (Å²) in [6.45, 7) is 3.31. The van der Waals surface area contributed by atoms with Crippen molar-refractivity contribution in [3.63, 3.8) is 0 Å². The van der Waals surface area contributed by atoms with Crippen LogP contribution in [0.15, 0.2) is 23.4 Å². The first-order valence-electron chi connectivity index (χ1n) is 5.40. The molecule has 0 aliphatic rings. The van der Waals surface area contributed by atoms with Gasteiger partial charge in [-0.05, 0) is 33.2 Å². The molecule has 0 fully saturated rings. The van der Waals surface area contributed by atoms with E-state index in [4.69, 9.17) is 15.7 Å². The average Bonchev–Trinajstić information content (AvgIpc) is 2.29. The van der Waals surface area contributed by atoms with Crippen LogP contribution in [-0.4, -0.2) is 43.2 Å². The SMILES string of the molecule is Cc1ccc(OCCN(C)C)c(/C(N)=N/O)c1. The Kier molecular flexibility index (Phi) is 4.78. The number of hydrogen-bond acceptors (Lipinski definition) is 4. The normalized spacial score (nSPS) is 11.9. The molecule has 0 unspecified atom stereocenters. The van der Waals surface area contributed by atoms with E-state index in [0.29, 0.717) is 17.9 Å². The van der Waals surface area contributed by atoms with E-state index in [0.717, 1.165) is 12.1 Å². The van der Waals surface area contributed by atoms with Gasteiger partial charge < -0.3 is 20.6 Å². The van der Waals surface area contributed by atoms with Gasteiger partial charge in [-0.25, -0.2) is 0 Å². The van der Waals surface area contributed by atoms with Crippen molar-refractivity contribution < 1.29 is 9.94 Å². The zero-order chi connectivity index (χ0) is 12.8. The fourth-order valence-corrected chi connectivity index (χ4v) is 1.36. The van der Waals surface area contributed by atoms with Gasteiger partial charge in [0.05, 0.1) is 5.56 Å². The summed E-state index contributed by atoms with van der Waals surface area (Å²) in [6.07, 6.45) is 0. The summed E-state index contributed by atoms with van der Waals surface area (Å²) in [7, 11) is 3.95. The molecule has 5 heteroatoms. The molecule has 0 amide bonds. The fraction of sp³-hybridized carbons (Fsp3) is 0.417. The second-order valence-corrected chi connectivity index (χ2v) is 4.14. The first-order chi connectivity index (χ1) is 8.04. The monoisotopic (exact) mass is 237 g/mol. The van der Waals surface area contributed by atoms with Gasteiger partial charge in [-0.1, -0.05) is 16.8 Å². The van der Waals surface area contributed by atoms with Gasteiger partial charge in [0.2, 0.25) is 0 Å². The maximum absolute atomic E-state index is 8.72. The van der Waals surface area contributed by atoms with E-state index in [1.54, 1.807) is 0 Å². The molecule has 17 heavy (non-hydrogen) atoms. The Labute approximate surface area is 101 Å². The summed E-state index contributed by atoms with van der Waals surface area (Å²) in [5.74, 6) is 0.696. The second-order valence-electron chi connectivity index (χ2n) is 4.14. The van der Waals surface area contributed by atoms with Crippen LogP contribution in [0.4, 0.5) is 0 Å². The van der Waals surface area contributed by atoms with Crippen LogP contribution in [0.25, 0.3) is 0 Å². The highest BCUT2D eigenvalue weighted by atomic mass is 16.5. The zero-order valence-corrected chi connectivity index (χ0v) is 10.5. The van der Waals surface area contributed by atoms with Gasteiger partial charge in [-0.3, -0.25) is 0 Å². The third kappa shape index (κ3) is 3.96. The third-order valence-corrected chi connectivity index (χ3v) is 2.31. The molecule has 5 nitrogen and oxygen atoms in total. The van der Waals surface area contributed by atoms with E-state index >= 15 is 0 Å². The molecule has 0 saturated carbocycles. The van der Waals surface area contributed by atoms with Gasteiger partial charge in [-0.2, -0.15) is 0 Å². The Balaban J connectivity index is 2.83. The molecule has 1 rings (SSSR count). The number of amidine groups is 1. The lowest BCUT2D eigenvalue weighted by Gasteiger charge is -2.14. The molecule has 0 aliphatic carbocycles. The van der Waals surface area contributed by atoms with Gasteiger partial charge in [-0.15, -0.1) is 0 Å². The Morgan fingerprint density at radius 3 is 2.76 bits per heavy atom. The lowest BCUT2D eigenvalue weighted by molar-refractivity contribution is 0.260. The van der Waals surface area contributed by atoms with Gasteiger partial charge >= 0.3 is 0 Å². The molecule has 0 radical (unpaired) electrons. The van der Waals surface area contributed by atoms with Crippen LogP contribution in [0, 0.1) is 6.92 Å². The highest BCUT2D eigenvalue weighted by Crippen LogP contribution is 2.19. The number of nitrogens with two attached hydrogens (primary N) is 1. The van der Waals surface area contributed by atoms with Crippen molar-refractivity contribution in [2.45, 2.75) is 6.92 Å². The predicted molar refractivity (Wildman–Crippen MR) is 67.7 cm³/mol. The molecule has 1 aromatic rings. The van der Waals surface area contributed by atoms with Crippen molar-refractivity contribution >= 4 is 5.84 Å². The number of benzene rings is 1. The molecule has 0 heterocycles. The highest BCUT2D eigenvalue weighted by molar-refractivity contribution is 5.99. The van der Waals surface area contributed by atoms with E-state index in [1.165, 1.54) is 0 Å². The average molecular weight is 237 g/mol. The van der Waals surface area contributed by atoms with Crippen LogP contribution >= 0.6 is 0 Å². The molecule has 0 aliphatic heterocycles. The highest BCUT2D eigenvalue weighted by Gasteiger charge is 2.08. The first-order valence-corrected chi connectivity index (χ1v) is 5.40. The summed E-state index contributed by atoms with van der Waals surface area (Å²) in [5.41, 5.74) is 7.26. The molecule has 3 N–H and O–H groups in total. The van der Waals surface area contributed by atoms with E-state index in [9.17, 15) is 0 Å². The van der Waals surface area contributed by atoms with E-state index < -0.39 is 0 Å². The molecule has 0 spiro atoms. The quantitative estimate of drug-likeness (QED) is 0.347. The maximum atomic E-state index is 8.72. The number of nitrogens with zero attached hydrogens (tertiary/aromatic N) is 2. The fourth-order valence-electron chi connectivity index (χ4n) is 1.36. The Morgan fingerprint density at radius 1 is 1.47 bits per heavy atom. The van der Waals surface area contributed by atoms with E-state index in [-0.39, 0.29) is 5.84 Å². The molecular weight excluding hydrogens is 218 g/mol. The van der Waals surface area contributed by atoms with Gasteiger partial charge in [0.1, 0.15) is 12.4 Å². The zero-order valence-electron chi connectivity index (χ0n) is 10.5. The van der Waals surface area contributed by atoms with Crippen LogP contribution in [0.3, 0.4) is 0 Å².